The largest absolute Gasteiger partial charge is 0.356 e. The fraction of sp³-hybridized carbons (Fsp3) is 0.429. The van der Waals surface area contributed by atoms with E-state index in [2.05, 4.69) is 27.2 Å². The fourth-order valence-corrected chi connectivity index (χ4v) is 5.24. The summed E-state index contributed by atoms with van der Waals surface area (Å²) in [5.74, 6) is 2.11. The number of benzene rings is 2. The standard InChI is InChI=1S/C28H32N6O2/c1-3-29-28(35)20-11-9-19(10-12-20)27-31-24(33(2)32-27)16-21-13-14-23-22(26(21)18-7-8-18)17-30-34(23)25-6-4-5-15-36-25/h9-14,17-18,25H,3-8,15-16H2,1-2H3,(H,29,35). The first-order valence-corrected chi connectivity index (χ1v) is 13.0. The second-order valence-electron chi connectivity index (χ2n) is 9.84. The molecule has 2 fully saturated rings. The molecule has 1 N–H and O–H groups in total. The monoisotopic (exact) mass is 484 g/mol. The first-order chi connectivity index (χ1) is 17.6. The number of carbonyl (C=O) groups is 1. The minimum absolute atomic E-state index is 0.0369. The molecule has 1 saturated carbocycles. The van der Waals surface area contributed by atoms with E-state index in [-0.39, 0.29) is 12.1 Å². The van der Waals surface area contributed by atoms with Crippen LogP contribution < -0.4 is 5.32 Å². The van der Waals surface area contributed by atoms with E-state index in [4.69, 9.17) is 14.8 Å². The molecule has 36 heavy (non-hydrogen) atoms. The van der Waals surface area contributed by atoms with Crippen molar-refractivity contribution in [1.82, 2.24) is 29.9 Å². The first-order valence-electron chi connectivity index (χ1n) is 13.0. The molecule has 1 amide bonds. The third-order valence-corrected chi connectivity index (χ3v) is 7.27. The molecule has 2 aromatic carbocycles. The van der Waals surface area contributed by atoms with Gasteiger partial charge in [0.2, 0.25) is 0 Å². The first kappa shape index (κ1) is 22.9. The quantitative estimate of drug-likeness (QED) is 0.409. The molecule has 8 heteroatoms. The van der Waals surface area contributed by atoms with Gasteiger partial charge in [-0.1, -0.05) is 18.2 Å². The molecule has 0 bridgehead atoms. The van der Waals surface area contributed by atoms with Crippen LogP contribution >= 0.6 is 0 Å². The van der Waals surface area contributed by atoms with E-state index in [0.29, 0.717) is 30.3 Å². The lowest BCUT2D eigenvalue weighted by atomic mass is 9.96. The number of fused-ring (bicyclic) bond motifs is 1. The van der Waals surface area contributed by atoms with E-state index in [0.717, 1.165) is 30.8 Å². The minimum Gasteiger partial charge on any atom is -0.356 e. The van der Waals surface area contributed by atoms with E-state index in [9.17, 15) is 4.79 Å². The Morgan fingerprint density at radius 3 is 2.67 bits per heavy atom. The van der Waals surface area contributed by atoms with Crippen LogP contribution in [-0.2, 0) is 18.2 Å². The van der Waals surface area contributed by atoms with Crippen LogP contribution in [0.1, 0.15) is 78.5 Å². The van der Waals surface area contributed by atoms with Gasteiger partial charge in [0.1, 0.15) is 5.82 Å². The molecule has 2 aliphatic rings. The minimum atomic E-state index is -0.0694. The van der Waals surface area contributed by atoms with Gasteiger partial charge < -0.3 is 10.1 Å². The number of aromatic nitrogens is 5. The van der Waals surface area contributed by atoms with Crippen molar-refractivity contribution in [2.24, 2.45) is 7.05 Å². The molecule has 186 valence electrons. The second-order valence-corrected chi connectivity index (χ2v) is 9.84. The summed E-state index contributed by atoms with van der Waals surface area (Å²) >= 11 is 0. The van der Waals surface area contributed by atoms with Gasteiger partial charge in [0.05, 0.1) is 11.7 Å². The highest BCUT2D eigenvalue weighted by Gasteiger charge is 2.30. The van der Waals surface area contributed by atoms with Crippen molar-refractivity contribution in [3.05, 3.63) is 65.1 Å². The van der Waals surface area contributed by atoms with Crippen molar-refractivity contribution >= 4 is 16.8 Å². The predicted octanol–water partition coefficient (Wildman–Crippen LogP) is 4.75. The molecule has 3 heterocycles. The Hall–Kier alpha value is -3.52. The van der Waals surface area contributed by atoms with E-state index in [1.54, 1.807) is 0 Å². The number of nitrogens with one attached hydrogen (secondary N) is 1. The summed E-state index contributed by atoms with van der Waals surface area (Å²) in [4.78, 5) is 16.9. The molecule has 4 aromatic rings. The van der Waals surface area contributed by atoms with E-state index < -0.39 is 0 Å². The number of ether oxygens (including phenoxy) is 1. The summed E-state index contributed by atoms with van der Waals surface area (Å²) < 4.78 is 9.97. The van der Waals surface area contributed by atoms with Gasteiger partial charge in [-0.3, -0.25) is 9.48 Å². The van der Waals surface area contributed by atoms with Crippen molar-refractivity contribution in [2.45, 2.75) is 57.6 Å². The van der Waals surface area contributed by atoms with Gasteiger partial charge in [-0.2, -0.15) is 10.2 Å². The number of rotatable bonds is 7. The molecule has 0 radical (unpaired) electrons. The maximum atomic E-state index is 12.1. The van der Waals surface area contributed by atoms with Crippen LogP contribution in [0.3, 0.4) is 0 Å². The third kappa shape index (κ3) is 4.30. The molecule has 2 aromatic heterocycles. The molecule has 1 atom stereocenters. The summed E-state index contributed by atoms with van der Waals surface area (Å²) in [5.41, 5.74) is 5.40. The Labute approximate surface area is 210 Å². The van der Waals surface area contributed by atoms with Gasteiger partial charge in [-0.15, -0.1) is 0 Å². The predicted molar refractivity (Wildman–Crippen MR) is 138 cm³/mol. The molecule has 0 spiro atoms. The SMILES string of the molecule is CCNC(=O)c1ccc(-c2nc(Cc3ccc4c(cnn4C4CCCCO4)c3C3CC3)n(C)n2)cc1. The molecular weight excluding hydrogens is 452 g/mol. The molecule has 1 saturated heterocycles. The summed E-state index contributed by atoms with van der Waals surface area (Å²) in [7, 11) is 1.95. The van der Waals surface area contributed by atoms with Crippen molar-refractivity contribution in [2.75, 3.05) is 13.2 Å². The van der Waals surface area contributed by atoms with Crippen LogP contribution in [0.15, 0.2) is 42.6 Å². The number of carbonyl (C=O) groups excluding carboxylic acids is 1. The molecular formula is C28H32N6O2. The smallest absolute Gasteiger partial charge is 0.251 e. The summed E-state index contributed by atoms with van der Waals surface area (Å²) in [6.45, 7) is 3.33. The number of amides is 1. The summed E-state index contributed by atoms with van der Waals surface area (Å²) in [6, 6.07) is 11.9. The number of hydrogen-bond donors (Lipinski definition) is 1. The fourth-order valence-electron chi connectivity index (χ4n) is 5.24. The van der Waals surface area contributed by atoms with Crippen molar-refractivity contribution < 1.29 is 9.53 Å². The highest BCUT2D eigenvalue weighted by atomic mass is 16.5. The van der Waals surface area contributed by atoms with E-state index >= 15 is 0 Å². The third-order valence-electron chi connectivity index (χ3n) is 7.27. The lowest BCUT2D eigenvalue weighted by molar-refractivity contribution is -0.0366. The van der Waals surface area contributed by atoms with Gasteiger partial charge in [0, 0.05) is 43.1 Å². The van der Waals surface area contributed by atoms with Gasteiger partial charge in [-0.05, 0) is 74.3 Å². The van der Waals surface area contributed by atoms with Crippen molar-refractivity contribution in [3.63, 3.8) is 0 Å². The highest BCUT2D eigenvalue weighted by Crippen LogP contribution is 2.45. The van der Waals surface area contributed by atoms with Gasteiger partial charge in [0.15, 0.2) is 12.1 Å². The molecule has 1 unspecified atom stereocenters. The van der Waals surface area contributed by atoms with Crippen LogP contribution in [0.2, 0.25) is 0 Å². The van der Waals surface area contributed by atoms with Crippen molar-refractivity contribution in [1.29, 1.82) is 0 Å². The Morgan fingerprint density at radius 2 is 1.94 bits per heavy atom. The summed E-state index contributed by atoms with van der Waals surface area (Å²) in [5, 5.41) is 13.5. The number of aryl methyl sites for hydroxylation is 1. The van der Waals surface area contributed by atoms with E-state index in [1.807, 2.05) is 49.1 Å². The molecule has 6 rings (SSSR count). The van der Waals surface area contributed by atoms with Crippen LogP contribution in [0.25, 0.3) is 22.3 Å². The lowest BCUT2D eigenvalue weighted by Gasteiger charge is -2.23. The van der Waals surface area contributed by atoms with E-state index in [1.165, 1.54) is 41.3 Å². The highest BCUT2D eigenvalue weighted by molar-refractivity contribution is 5.94. The Kier molecular flexibility index (Phi) is 6.05. The average Bonchev–Trinajstić information content (AvgIpc) is 3.55. The van der Waals surface area contributed by atoms with Crippen molar-refractivity contribution in [3.8, 4) is 11.4 Å². The van der Waals surface area contributed by atoms with Crippen LogP contribution in [0.4, 0.5) is 0 Å². The van der Waals surface area contributed by atoms with Gasteiger partial charge >= 0.3 is 0 Å². The number of hydrogen-bond acceptors (Lipinski definition) is 5. The zero-order chi connectivity index (χ0) is 24.6. The average molecular weight is 485 g/mol. The zero-order valence-electron chi connectivity index (χ0n) is 20.9. The molecule has 1 aliphatic heterocycles. The zero-order valence-corrected chi connectivity index (χ0v) is 20.9. The Bertz CT molecular complexity index is 1390. The van der Waals surface area contributed by atoms with Crippen LogP contribution in [0.5, 0.6) is 0 Å². The summed E-state index contributed by atoms with van der Waals surface area (Å²) in [6.07, 6.45) is 8.56. The molecule has 8 nitrogen and oxygen atoms in total. The maximum absolute atomic E-state index is 12.1. The Balaban J connectivity index is 1.29. The second kappa shape index (κ2) is 9.50. The van der Waals surface area contributed by atoms with Gasteiger partial charge in [-0.25, -0.2) is 9.67 Å². The normalized spacial score (nSPS) is 18.0. The van der Waals surface area contributed by atoms with Crippen LogP contribution in [0, 0.1) is 0 Å². The lowest BCUT2D eigenvalue weighted by Crippen LogP contribution is -2.22. The van der Waals surface area contributed by atoms with Crippen LogP contribution in [-0.4, -0.2) is 43.6 Å². The molecule has 1 aliphatic carbocycles. The van der Waals surface area contributed by atoms with Gasteiger partial charge in [0.25, 0.3) is 5.91 Å². The Morgan fingerprint density at radius 1 is 1.11 bits per heavy atom. The topological polar surface area (TPSA) is 86.9 Å². The maximum Gasteiger partial charge on any atom is 0.251 e. The number of nitrogens with zero attached hydrogens (tertiary/aromatic N) is 5.